The highest BCUT2D eigenvalue weighted by molar-refractivity contribution is 5.85. The number of rotatable bonds is 2. The van der Waals surface area contributed by atoms with Crippen molar-refractivity contribution < 1.29 is 14.9 Å². The van der Waals surface area contributed by atoms with Crippen LogP contribution in [0.25, 0.3) is 16.6 Å². The summed E-state index contributed by atoms with van der Waals surface area (Å²) in [4.78, 5) is 9.65. The smallest absolute Gasteiger partial charge is 0.198 e. The van der Waals surface area contributed by atoms with Crippen molar-refractivity contribution in [2.45, 2.75) is 75.9 Å². The molecule has 1 aromatic heterocycles. The number of nitrogen functional groups attached to an aromatic ring is 1. The summed E-state index contributed by atoms with van der Waals surface area (Å²) in [6.45, 7) is 7.07. The molecule has 2 aromatic rings. The zero-order chi connectivity index (χ0) is 26.1. The minimum Gasteiger partial charge on any atom is -0.388 e. The second-order valence-electron chi connectivity index (χ2n) is 13.0. The Hall–Kier alpha value is -2.45. The molecule has 2 aliphatic heterocycles. The van der Waals surface area contributed by atoms with Gasteiger partial charge < -0.3 is 30.6 Å². The van der Waals surface area contributed by atoms with Gasteiger partial charge in [-0.15, -0.1) is 0 Å². The summed E-state index contributed by atoms with van der Waals surface area (Å²) in [5.74, 6) is 0.704. The van der Waals surface area contributed by atoms with Crippen molar-refractivity contribution in [2.75, 3.05) is 19.8 Å². The first-order valence-corrected chi connectivity index (χ1v) is 13.6. The predicted octanol–water partition coefficient (Wildman–Crippen LogP) is 3.80. The SMILES string of the molecule is CN(C)[C@H]1C[C@@]23CC[C@@]4(O2)C(=CC(C)(C)[C@]2(C)C(c5ccc6[nH]c(N)nc6c5)=CCC42)C=C3[C@@H](O)[C@@H]1O. The Morgan fingerprint density at radius 3 is 2.70 bits per heavy atom. The topological polar surface area (TPSA) is 108 Å². The van der Waals surface area contributed by atoms with E-state index < -0.39 is 23.4 Å². The van der Waals surface area contributed by atoms with Crippen LogP contribution >= 0.6 is 0 Å². The number of aromatic amines is 1. The minimum absolute atomic E-state index is 0.149. The third kappa shape index (κ3) is 2.78. The lowest BCUT2D eigenvalue weighted by atomic mass is 9.49. The number of aliphatic hydroxyl groups is 2. The lowest BCUT2D eigenvalue weighted by molar-refractivity contribution is -0.170. The highest BCUT2D eigenvalue weighted by atomic mass is 16.5. The number of benzene rings is 1. The van der Waals surface area contributed by atoms with E-state index in [4.69, 9.17) is 10.5 Å². The molecule has 2 bridgehead atoms. The Labute approximate surface area is 218 Å². The molecule has 7 rings (SSSR count). The number of anilines is 1. The maximum Gasteiger partial charge on any atom is 0.198 e. The summed E-state index contributed by atoms with van der Waals surface area (Å²) in [5, 5.41) is 22.2. The van der Waals surface area contributed by atoms with Crippen molar-refractivity contribution in [3.05, 3.63) is 53.1 Å². The summed E-state index contributed by atoms with van der Waals surface area (Å²) in [6.07, 6.45) is 8.71. The first kappa shape index (κ1) is 23.7. The third-order valence-electron chi connectivity index (χ3n) is 10.9. The van der Waals surface area contributed by atoms with Gasteiger partial charge in [-0.3, -0.25) is 0 Å². The maximum atomic E-state index is 11.3. The number of ether oxygens (including phenoxy) is 1. The number of aliphatic hydroxyl groups excluding tert-OH is 2. The fraction of sp³-hybridized carbons (Fsp3) is 0.567. The van der Waals surface area contributed by atoms with Gasteiger partial charge in [0.1, 0.15) is 6.10 Å². The van der Waals surface area contributed by atoms with Crippen molar-refractivity contribution in [2.24, 2.45) is 16.7 Å². The number of imidazole rings is 1. The van der Waals surface area contributed by atoms with Gasteiger partial charge in [0.25, 0.3) is 0 Å². The van der Waals surface area contributed by atoms with Crippen LogP contribution in [-0.2, 0) is 4.74 Å². The molecule has 7 nitrogen and oxygen atoms in total. The fourth-order valence-electron chi connectivity index (χ4n) is 8.71. The standard InChI is InChI=1S/C30H38N4O3/c1-27(2)14-17-13-19-24(35)25(36)22(34(4)5)15-29(19)10-11-30(17,37-29)23-9-7-18(28(23,27)3)16-6-8-20-21(12-16)33-26(31)32-20/h6-8,12-14,22-25,35-36H,9-11,15H2,1-5H3,(H3,31,32,33)/t22-,23?,24+,25+,28+,29+,30+/m0/s1. The Balaban J connectivity index is 1.36. The number of hydrogen-bond acceptors (Lipinski definition) is 6. The molecule has 1 unspecified atom stereocenters. The quantitative estimate of drug-likeness (QED) is 0.498. The average molecular weight is 503 g/mol. The van der Waals surface area contributed by atoms with E-state index in [1.54, 1.807) is 0 Å². The molecular formula is C30H38N4O3. The van der Waals surface area contributed by atoms with Gasteiger partial charge in [-0.1, -0.05) is 45.1 Å². The van der Waals surface area contributed by atoms with Gasteiger partial charge in [-0.25, -0.2) is 4.98 Å². The van der Waals surface area contributed by atoms with Gasteiger partial charge in [-0.2, -0.15) is 0 Å². The average Bonchev–Trinajstić information content (AvgIpc) is 3.49. The van der Waals surface area contributed by atoms with Crippen LogP contribution in [-0.4, -0.2) is 68.6 Å². The van der Waals surface area contributed by atoms with E-state index in [-0.39, 0.29) is 22.8 Å². The first-order chi connectivity index (χ1) is 17.4. The van der Waals surface area contributed by atoms with Crippen LogP contribution in [0.1, 0.15) is 52.0 Å². The number of nitrogens with one attached hydrogen (secondary N) is 1. The summed E-state index contributed by atoms with van der Waals surface area (Å²) in [5.41, 5.74) is 11.1. The molecule has 2 fully saturated rings. The van der Waals surface area contributed by atoms with Crippen LogP contribution in [0.3, 0.4) is 0 Å². The zero-order valence-corrected chi connectivity index (χ0v) is 22.4. The molecule has 7 atom stereocenters. The number of nitrogens with two attached hydrogens (primary N) is 1. The number of H-pyrrole nitrogens is 1. The summed E-state index contributed by atoms with van der Waals surface area (Å²) in [6, 6.07) is 6.27. The molecule has 1 saturated heterocycles. The molecule has 5 N–H and O–H groups in total. The molecule has 37 heavy (non-hydrogen) atoms. The molecule has 5 aliphatic rings. The molecule has 1 saturated carbocycles. The van der Waals surface area contributed by atoms with E-state index in [0.717, 1.165) is 35.9 Å². The Kier molecular flexibility index (Phi) is 4.57. The highest BCUT2D eigenvalue weighted by Crippen LogP contribution is 2.71. The van der Waals surface area contributed by atoms with Crippen LogP contribution < -0.4 is 5.73 Å². The van der Waals surface area contributed by atoms with Crippen molar-refractivity contribution in [3.63, 3.8) is 0 Å². The summed E-state index contributed by atoms with van der Waals surface area (Å²) < 4.78 is 7.31. The summed E-state index contributed by atoms with van der Waals surface area (Å²) >= 11 is 0. The Morgan fingerprint density at radius 2 is 1.95 bits per heavy atom. The number of allylic oxidation sites excluding steroid dienone is 3. The molecule has 196 valence electrons. The molecule has 0 amide bonds. The molecule has 1 aromatic carbocycles. The Bertz CT molecular complexity index is 1420. The number of nitrogens with zero attached hydrogens (tertiary/aromatic N) is 2. The van der Waals surface area contributed by atoms with Crippen molar-refractivity contribution in [3.8, 4) is 0 Å². The van der Waals surface area contributed by atoms with E-state index in [1.165, 1.54) is 16.7 Å². The van der Waals surface area contributed by atoms with Crippen molar-refractivity contribution in [1.82, 2.24) is 14.9 Å². The molecular weight excluding hydrogens is 464 g/mol. The van der Waals surface area contributed by atoms with Crippen LogP contribution in [0.2, 0.25) is 0 Å². The van der Waals surface area contributed by atoms with Gasteiger partial charge in [0.2, 0.25) is 0 Å². The van der Waals surface area contributed by atoms with E-state index >= 15 is 0 Å². The van der Waals surface area contributed by atoms with Gasteiger partial charge in [-0.05, 0) is 79.6 Å². The van der Waals surface area contributed by atoms with Gasteiger partial charge in [0, 0.05) is 17.4 Å². The van der Waals surface area contributed by atoms with Gasteiger partial charge >= 0.3 is 0 Å². The molecule has 3 heterocycles. The maximum absolute atomic E-state index is 11.3. The van der Waals surface area contributed by atoms with Gasteiger partial charge in [0.15, 0.2) is 5.95 Å². The number of hydrogen-bond donors (Lipinski definition) is 4. The predicted molar refractivity (Wildman–Crippen MR) is 145 cm³/mol. The van der Waals surface area contributed by atoms with E-state index in [9.17, 15) is 10.2 Å². The third-order valence-corrected chi connectivity index (χ3v) is 10.9. The molecule has 0 radical (unpaired) electrons. The molecule has 2 spiro atoms. The lowest BCUT2D eigenvalue weighted by Gasteiger charge is -2.60. The van der Waals surface area contributed by atoms with Gasteiger partial charge in [0.05, 0.1) is 28.3 Å². The second kappa shape index (κ2) is 7.14. The highest BCUT2D eigenvalue weighted by Gasteiger charge is 2.70. The van der Waals surface area contributed by atoms with Crippen molar-refractivity contribution >= 4 is 22.6 Å². The number of fused-ring (bicyclic) bond motifs is 2. The number of aromatic nitrogens is 2. The van der Waals surface area contributed by atoms with Crippen LogP contribution in [0.4, 0.5) is 5.95 Å². The zero-order valence-electron chi connectivity index (χ0n) is 22.4. The van der Waals surface area contributed by atoms with Crippen molar-refractivity contribution in [1.29, 1.82) is 0 Å². The molecule has 3 aliphatic carbocycles. The van der Waals surface area contributed by atoms with Crippen LogP contribution in [0.5, 0.6) is 0 Å². The normalized spacial score (nSPS) is 41.7. The lowest BCUT2D eigenvalue weighted by Crippen LogP contribution is -2.63. The minimum atomic E-state index is -0.917. The van der Waals surface area contributed by atoms with E-state index in [0.29, 0.717) is 12.4 Å². The second-order valence-corrected chi connectivity index (χ2v) is 13.0. The monoisotopic (exact) mass is 502 g/mol. The summed E-state index contributed by atoms with van der Waals surface area (Å²) in [7, 11) is 3.95. The van der Waals surface area contributed by atoms with E-state index in [2.05, 4.69) is 67.2 Å². The van der Waals surface area contributed by atoms with E-state index in [1.807, 2.05) is 19.0 Å². The largest absolute Gasteiger partial charge is 0.388 e. The first-order valence-electron chi connectivity index (χ1n) is 13.6. The Morgan fingerprint density at radius 1 is 1.16 bits per heavy atom. The van der Waals surface area contributed by atoms with Crippen LogP contribution in [0, 0.1) is 16.7 Å². The molecule has 7 heteroatoms. The fourth-order valence-corrected chi connectivity index (χ4v) is 8.71. The van der Waals surface area contributed by atoms with Crippen LogP contribution in [0.15, 0.2) is 47.6 Å². The number of likely N-dealkylation sites (N-methyl/N-ethyl adjacent to an activating group) is 1.